The molecule has 1 heterocycles. The van der Waals surface area contributed by atoms with Crippen molar-refractivity contribution in [1.29, 1.82) is 0 Å². The lowest BCUT2D eigenvalue weighted by atomic mass is 10.1. The first-order valence-corrected chi connectivity index (χ1v) is 8.82. The van der Waals surface area contributed by atoms with Crippen LogP contribution in [-0.2, 0) is 6.54 Å². The number of hydrogen-bond acceptors (Lipinski definition) is 2. The van der Waals surface area contributed by atoms with Gasteiger partial charge in [-0.2, -0.15) is 0 Å². The molecule has 6 heteroatoms. The Morgan fingerprint density at radius 1 is 1.16 bits per heavy atom. The zero-order valence-corrected chi connectivity index (χ0v) is 14.7. The lowest BCUT2D eigenvalue weighted by Crippen LogP contribution is -2.40. The van der Waals surface area contributed by atoms with E-state index < -0.39 is 0 Å². The van der Waals surface area contributed by atoms with E-state index in [0.717, 1.165) is 12.0 Å². The topological polar surface area (TPSA) is 64.2 Å². The van der Waals surface area contributed by atoms with Gasteiger partial charge in [0.15, 0.2) is 0 Å². The smallest absolute Gasteiger partial charge is 0.319 e. The molecule has 0 saturated carbocycles. The van der Waals surface area contributed by atoms with E-state index >= 15 is 0 Å². The number of hydroxylamine groups is 3. The van der Waals surface area contributed by atoms with Crippen LogP contribution in [0, 0.1) is 11.1 Å². The van der Waals surface area contributed by atoms with Crippen molar-refractivity contribution in [3.8, 4) is 0 Å². The number of benzene rings is 2. The highest BCUT2D eigenvalue weighted by molar-refractivity contribution is 6.30. The van der Waals surface area contributed by atoms with E-state index in [1.54, 1.807) is 24.3 Å². The molecule has 0 aliphatic carbocycles. The fraction of sp³-hybridized carbons (Fsp3) is 0.316. The molecule has 132 valence electrons. The van der Waals surface area contributed by atoms with Crippen LogP contribution in [0.4, 0.5) is 10.5 Å². The summed E-state index contributed by atoms with van der Waals surface area (Å²) in [7, 11) is 0. The zero-order chi connectivity index (χ0) is 17.7. The zero-order valence-electron chi connectivity index (χ0n) is 14.0. The van der Waals surface area contributed by atoms with E-state index in [9.17, 15) is 10.0 Å². The standard InChI is InChI=1S/C19H22ClN3O2/c20-17-6-8-18(9-7-17)22-19(24)21-12-16-10-11-23(25,14-16)13-15-4-2-1-3-5-15/h1-9,16H,10-14H2,(H2,21,22,24). The van der Waals surface area contributed by atoms with Crippen LogP contribution in [0.2, 0.25) is 5.02 Å². The fourth-order valence-corrected chi connectivity index (χ4v) is 3.37. The molecule has 2 amide bonds. The second-order valence-corrected chi connectivity index (χ2v) is 7.04. The van der Waals surface area contributed by atoms with E-state index in [2.05, 4.69) is 10.6 Å². The molecule has 1 saturated heterocycles. The van der Waals surface area contributed by atoms with Crippen LogP contribution in [-0.4, -0.2) is 30.3 Å². The SMILES string of the molecule is O=C(NCC1CC[N+]([O-])(Cc2ccccc2)C1)Nc1ccc(Cl)cc1. The van der Waals surface area contributed by atoms with Gasteiger partial charge in [0.25, 0.3) is 0 Å². The van der Waals surface area contributed by atoms with Gasteiger partial charge in [0.2, 0.25) is 0 Å². The van der Waals surface area contributed by atoms with Gasteiger partial charge in [0.05, 0.1) is 13.1 Å². The molecule has 1 aliphatic heterocycles. The number of urea groups is 1. The molecule has 0 radical (unpaired) electrons. The Morgan fingerprint density at radius 3 is 2.60 bits per heavy atom. The summed E-state index contributed by atoms with van der Waals surface area (Å²) in [6.07, 6.45) is 0.831. The fourth-order valence-electron chi connectivity index (χ4n) is 3.24. The molecule has 2 aromatic carbocycles. The molecule has 3 rings (SSSR count). The maximum absolute atomic E-state index is 12.8. The number of amides is 2. The molecule has 2 N–H and O–H groups in total. The lowest BCUT2D eigenvalue weighted by molar-refractivity contribution is -0.883. The van der Waals surface area contributed by atoms with E-state index in [0.29, 0.717) is 36.9 Å². The highest BCUT2D eigenvalue weighted by atomic mass is 35.5. The summed E-state index contributed by atoms with van der Waals surface area (Å²) in [4.78, 5) is 12.0. The molecule has 25 heavy (non-hydrogen) atoms. The highest BCUT2D eigenvalue weighted by Gasteiger charge is 2.31. The summed E-state index contributed by atoms with van der Waals surface area (Å²) >= 11 is 5.82. The van der Waals surface area contributed by atoms with Gasteiger partial charge in [0, 0.05) is 35.2 Å². The number of nitrogens with one attached hydrogen (secondary N) is 2. The van der Waals surface area contributed by atoms with Crippen molar-refractivity contribution >= 4 is 23.3 Å². The predicted molar refractivity (Wildman–Crippen MR) is 100 cm³/mol. The van der Waals surface area contributed by atoms with Crippen LogP contribution in [0.5, 0.6) is 0 Å². The maximum atomic E-state index is 12.8. The minimum atomic E-state index is -0.263. The quantitative estimate of drug-likeness (QED) is 0.626. The largest absolute Gasteiger partial charge is 0.633 e. The summed E-state index contributed by atoms with van der Waals surface area (Å²) < 4.78 is -0.213. The number of hydrogen-bond donors (Lipinski definition) is 2. The van der Waals surface area contributed by atoms with Crippen LogP contribution in [0.1, 0.15) is 12.0 Å². The number of anilines is 1. The van der Waals surface area contributed by atoms with E-state index in [1.165, 1.54) is 0 Å². The number of likely N-dealkylation sites (tertiary alicyclic amines) is 1. The third-order valence-electron chi connectivity index (χ3n) is 4.50. The molecular formula is C19H22ClN3O2. The Morgan fingerprint density at radius 2 is 1.88 bits per heavy atom. The average Bonchev–Trinajstić information content (AvgIpc) is 2.97. The van der Waals surface area contributed by atoms with Crippen LogP contribution in [0.3, 0.4) is 0 Å². The van der Waals surface area contributed by atoms with E-state index in [-0.39, 0.29) is 16.6 Å². The molecule has 2 unspecified atom stereocenters. The lowest BCUT2D eigenvalue weighted by Gasteiger charge is -2.39. The van der Waals surface area contributed by atoms with Crippen LogP contribution in [0.25, 0.3) is 0 Å². The second kappa shape index (κ2) is 7.87. The number of nitrogens with zero attached hydrogens (tertiary/aromatic N) is 1. The molecule has 1 fully saturated rings. The summed E-state index contributed by atoms with van der Waals surface area (Å²) in [5.41, 5.74) is 1.75. The summed E-state index contributed by atoms with van der Waals surface area (Å²) in [5, 5.41) is 19.1. The number of carbonyl (C=O) groups is 1. The van der Waals surface area contributed by atoms with Crippen molar-refractivity contribution in [2.45, 2.75) is 13.0 Å². The molecule has 0 spiro atoms. The first-order chi connectivity index (χ1) is 12.0. The number of quaternary nitrogens is 1. The first-order valence-electron chi connectivity index (χ1n) is 8.44. The Hall–Kier alpha value is -2.08. The van der Waals surface area contributed by atoms with Crippen LogP contribution < -0.4 is 10.6 Å². The van der Waals surface area contributed by atoms with Gasteiger partial charge in [0.1, 0.15) is 6.54 Å². The van der Waals surface area contributed by atoms with Crippen LogP contribution in [0.15, 0.2) is 54.6 Å². The minimum Gasteiger partial charge on any atom is -0.633 e. The predicted octanol–water partition coefficient (Wildman–Crippen LogP) is 4.00. The Labute approximate surface area is 152 Å². The van der Waals surface area contributed by atoms with E-state index in [1.807, 2.05) is 30.3 Å². The number of rotatable bonds is 5. The van der Waals surface area contributed by atoms with Crippen molar-refractivity contribution in [3.05, 3.63) is 70.4 Å². The van der Waals surface area contributed by atoms with E-state index in [4.69, 9.17) is 11.6 Å². The molecule has 0 bridgehead atoms. The van der Waals surface area contributed by atoms with Gasteiger partial charge in [-0.1, -0.05) is 41.9 Å². The van der Waals surface area contributed by atoms with Gasteiger partial charge in [-0.05, 0) is 24.3 Å². The van der Waals surface area contributed by atoms with Gasteiger partial charge in [-0.25, -0.2) is 4.79 Å². The number of carbonyl (C=O) groups excluding carboxylic acids is 1. The van der Waals surface area contributed by atoms with Crippen molar-refractivity contribution in [2.24, 2.45) is 5.92 Å². The molecule has 2 aromatic rings. The van der Waals surface area contributed by atoms with Crippen molar-refractivity contribution in [2.75, 3.05) is 25.0 Å². The Bertz CT molecular complexity index is 708. The van der Waals surface area contributed by atoms with Gasteiger partial charge < -0.3 is 20.5 Å². The average molecular weight is 360 g/mol. The van der Waals surface area contributed by atoms with Gasteiger partial charge in [-0.15, -0.1) is 0 Å². The normalized spacial score (nSPS) is 22.6. The van der Waals surface area contributed by atoms with Crippen molar-refractivity contribution in [3.63, 3.8) is 0 Å². The molecule has 5 nitrogen and oxygen atoms in total. The first kappa shape index (κ1) is 17.7. The summed E-state index contributed by atoms with van der Waals surface area (Å²) in [6.45, 7) is 2.14. The van der Waals surface area contributed by atoms with Crippen LogP contribution >= 0.6 is 11.6 Å². The maximum Gasteiger partial charge on any atom is 0.319 e. The third kappa shape index (κ3) is 5.19. The number of halogens is 1. The monoisotopic (exact) mass is 359 g/mol. The highest BCUT2D eigenvalue weighted by Crippen LogP contribution is 2.26. The molecule has 2 atom stereocenters. The second-order valence-electron chi connectivity index (χ2n) is 6.60. The Kier molecular flexibility index (Phi) is 5.58. The minimum absolute atomic E-state index is 0.206. The van der Waals surface area contributed by atoms with Gasteiger partial charge in [-0.3, -0.25) is 0 Å². The summed E-state index contributed by atoms with van der Waals surface area (Å²) in [6, 6.07) is 16.5. The Balaban J connectivity index is 1.45. The molecule has 1 aliphatic rings. The van der Waals surface area contributed by atoms with Gasteiger partial charge >= 0.3 is 6.03 Å². The van der Waals surface area contributed by atoms with Crippen molar-refractivity contribution < 1.29 is 9.44 Å². The molecule has 0 aromatic heterocycles. The molecular weight excluding hydrogens is 338 g/mol. The summed E-state index contributed by atoms with van der Waals surface area (Å²) in [5.74, 6) is 0.206. The third-order valence-corrected chi connectivity index (χ3v) is 4.75. The van der Waals surface area contributed by atoms with Crippen molar-refractivity contribution in [1.82, 2.24) is 5.32 Å².